The fraction of sp³-hybridized carbons (Fsp3) is 0.455. The van der Waals surface area contributed by atoms with Gasteiger partial charge in [-0.1, -0.05) is 12.1 Å². The van der Waals surface area contributed by atoms with Crippen molar-refractivity contribution < 1.29 is 23.0 Å². The van der Waals surface area contributed by atoms with Crippen LogP contribution in [-0.2, 0) is 11.7 Å². The van der Waals surface area contributed by atoms with E-state index in [1.165, 1.54) is 25.1 Å². The minimum Gasteiger partial charge on any atom is -0.496 e. The summed E-state index contributed by atoms with van der Waals surface area (Å²) in [7, 11) is 1.15. The Labute approximate surface area is 97.0 Å². The Kier molecular flexibility index (Phi) is 3.68. The molecule has 3 nitrogen and oxygen atoms in total. The molecule has 96 valence electrons. The largest absolute Gasteiger partial charge is 0.496 e. The first-order chi connectivity index (χ1) is 7.74. The summed E-state index contributed by atoms with van der Waals surface area (Å²) < 4.78 is 43.5. The highest BCUT2D eigenvalue weighted by atomic mass is 19.4. The van der Waals surface area contributed by atoms with Gasteiger partial charge in [-0.05, 0) is 18.6 Å². The molecule has 0 saturated heterocycles. The van der Waals surface area contributed by atoms with Crippen molar-refractivity contribution in [2.45, 2.75) is 18.6 Å². The summed E-state index contributed by atoms with van der Waals surface area (Å²) in [4.78, 5) is 0. The topological polar surface area (TPSA) is 55.5 Å². The number of aliphatic hydroxyl groups is 1. The Morgan fingerprint density at radius 1 is 1.35 bits per heavy atom. The predicted octanol–water partition coefficient (Wildman–Crippen LogP) is 1.88. The summed E-state index contributed by atoms with van der Waals surface area (Å²) in [6.45, 7) is 0.736. The molecular formula is C11H14F3NO2. The summed E-state index contributed by atoms with van der Waals surface area (Å²) in [6, 6.07) is 3.85. The monoisotopic (exact) mass is 249 g/mol. The van der Waals surface area contributed by atoms with Crippen LogP contribution in [0.25, 0.3) is 0 Å². The molecule has 0 fully saturated rings. The third kappa shape index (κ3) is 2.70. The number of aliphatic hydroxyl groups excluding tert-OH is 1. The van der Waals surface area contributed by atoms with Gasteiger partial charge in [0.25, 0.3) is 0 Å². The molecule has 0 aliphatic rings. The van der Waals surface area contributed by atoms with Crippen molar-refractivity contribution in [2.75, 3.05) is 13.7 Å². The van der Waals surface area contributed by atoms with E-state index in [2.05, 4.69) is 0 Å². The molecule has 0 aliphatic carbocycles. The number of alkyl halides is 3. The van der Waals surface area contributed by atoms with E-state index < -0.39 is 23.9 Å². The van der Waals surface area contributed by atoms with E-state index in [0.29, 0.717) is 0 Å². The number of nitrogens with two attached hydrogens (primary N) is 1. The van der Waals surface area contributed by atoms with E-state index in [1.807, 2.05) is 0 Å². The average molecular weight is 249 g/mol. The van der Waals surface area contributed by atoms with Crippen LogP contribution in [0.2, 0.25) is 0 Å². The smallest absolute Gasteiger partial charge is 0.420 e. The van der Waals surface area contributed by atoms with Crippen molar-refractivity contribution in [1.82, 2.24) is 0 Å². The van der Waals surface area contributed by atoms with Crippen LogP contribution in [0.1, 0.15) is 18.1 Å². The zero-order valence-electron chi connectivity index (χ0n) is 9.51. The molecule has 0 radical (unpaired) electrons. The van der Waals surface area contributed by atoms with Gasteiger partial charge in [-0.3, -0.25) is 0 Å². The highest BCUT2D eigenvalue weighted by molar-refractivity contribution is 5.45. The van der Waals surface area contributed by atoms with Gasteiger partial charge in [-0.2, -0.15) is 13.2 Å². The Bertz CT molecular complexity index is 402. The first kappa shape index (κ1) is 13.8. The van der Waals surface area contributed by atoms with Gasteiger partial charge >= 0.3 is 6.18 Å². The molecule has 0 aliphatic heterocycles. The van der Waals surface area contributed by atoms with E-state index in [-0.39, 0.29) is 11.3 Å². The molecule has 17 heavy (non-hydrogen) atoms. The minimum atomic E-state index is -4.59. The minimum absolute atomic E-state index is 0.188. The van der Waals surface area contributed by atoms with E-state index in [9.17, 15) is 13.2 Å². The summed E-state index contributed by atoms with van der Waals surface area (Å²) in [5.74, 6) is -0.305. The van der Waals surface area contributed by atoms with Crippen LogP contribution in [0.3, 0.4) is 0 Å². The van der Waals surface area contributed by atoms with Gasteiger partial charge in [0.1, 0.15) is 11.3 Å². The van der Waals surface area contributed by atoms with Crippen molar-refractivity contribution in [3.05, 3.63) is 29.3 Å². The van der Waals surface area contributed by atoms with Crippen molar-refractivity contribution >= 4 is 0 Å². The lowest BCUT2D eigenvalue weighted by Crippen LogP contribution is -2.39. The van der Waals surface area contributed by atoms with Gasteiger partial charge in [0.05, 0.1) is 19.3 Å². The van der Waals surface area contributed by atoms with Crippen LogP contribution in [0.15, 0.2) is 18.2 Å². The van der Waals surface area contributed by atoms with Gasteiger partial charge in [0.15, 0.2) is 0 Å². The maximum absolute atomic E-state index is 12.9. The molecule has 1 rings (SSSR count). The Balaban J connectivity index is 3.51. The summed E-state index contributed by atoms with van der Waals surface area (Å²) in [5, 5.41) is 9.07. The number of benzene rings is 1. The maximum Gasteiger partial charge on any atom is 0.420 e. The highest BCUT2D eigenvalue weighted by Gasteiger charge is 2.40. The maximum atomic E-state index is 12.9. The zero-order chi connectivity index (χ0) is 13.3. The second-order valence-electron chi connectivity index (χ2n) is 3.96. The lowest BCUT2D eigenvalue weighted by Gasteiger charge is -2.27. The summed E-state index contributed by atoms with van der Waals surface area (Å²) >= 11 is 0. The fourth-order valence-corrected chi connectivity index (χ4v) is 1.55. The molecule has 1 aromatic carbocycles. The van der Waals surface area contributed by atoms with Crippen molar-refractivity contribution in [3.63, 3.8) is 0 Å². The normalized spacial score (nSPS) is 15.5. The first-order valence-corrected chi connectivity index (χ1v) is 4.88. The number of halogens is 3. The molecule has 0 amide bonds. The van der Waals surface area contributed by atoms with Crippen molar-refractivity contribution in [1.29, 1.82) is 0 Å². The molecule has 6 heteroatoms. The molecule has 1 unspecified atom stereocenters. The van der Waals surface area contributed by atoms with Crippen LogP contribution in [0.4, 0.5) is 13.2 Å². The summed E-state index contributed by atoms with van der Waals surface area (Å²) in [5.41, 5.74) is 3.05. The van der Waals surface area contributed by atoms with E-state index in [1.54, 1.807) is 0 Å². The number of methoxy groups -OCH3 is 1. The highest BCUT2D eigenvalue weighted by Crippen LogP contribution is 2.41. The Morgan fingerprint density at radius 3 is 2.35 bits per heavy atom. The van der Waals surface area contributed by atoms with Gasteiger partial charge < -0.3 is 15.6 Å². The van der Waals surface area contributed by atoms with Crippen LogP contribution in [-0.4, -0.2) is 18.8 Å². The van der Waals surface area contributed by atoms with Crippen LogP contribution < -0.4 is 10.5 Å². The number of hydrogen-bond acceptors (Lipinski definition) is 3. The SMILES string of the molecule is COc1cccc(C(C)(N)CO)c1C(F)(F)F. The van der Waals surface area contributed by atoms with E-state index in [4.69, 9.17) is 15.6 Å². The first-order valence-electron chi connectivity index (χ1n) is 4.88. The average Bonchev–Trinajstić information content (AvgIpc) is 2.26. The predicted molar refractivity (Wildman–Crippen MR) is 56.6 cm³/mol. The van der Waals surface area contributed by atoms with Crippen LogP contribution in [0, 0.1) is 0 Å². The van der Waals surface area contributed by atoms with Crippen molar-refractivity contribution in [3.8, 4) is 5.75 Å². The number of ether oxygens (including phenoxy) is 1. The molecule has 0 bridgehead atoms. The second-order valence-corrected chi connectivity index (χ2v) is 3.96. The number of hydrogen-bond donors (Lipinski definition) is 2. The van der Waals surface area contributed by atoms with E-state index >= 15 is 0 Å². The summed E-state index contributed by atoms with van der Waals surface area (Å²) in [6.07, 6.45) is -4.59. The molecule has 3 N–H and O–H groups in total. The van der Waals surface area contributed by atoms with E-state index in [0.717, 1.165) is 7.11 Å². The molecule has 1 atom stereocenters. The Hall–Kier alpha value is -1.27. The van der Waals surface area contributed by atoms with Gasteiger partial charge in [0.2, 0.25) is 0 Å². The van der Waals surface area contributed by atoms with Crippen LogP contribution >= 0.6 is 0 Å². The standard InChI is InChI=1S/C11H14F3NO2/c1-10(15,6-16)7-4-3-5-8(17-2)9(7)11(12,13)14/h3-5,16H,6,15H2,1-2H3. The molecular weight excluding hydrogens is 235 g/mol. The third-order valence-electron chi connectivity index (χ3n) is 2.47. The fourth-order valence-electron chi connectivity index (χ4n) is 1.55. The van der Waals surface area contributed by atoms with Crippen LogP contribution in [0.5, 0.6) is 5.75 Å². The molecule has 0 saturated carbocycles. The zero-order valence-corrected chi connectivity index (χ0v) is 9.51. The second kappa shape index (κ2) is 4.54. The van der Waals surface area contributed by atoms with Crippen molar-refractivity contribution in [2.24, 2.45) is 5.73 Å². The van der Waals surface area contributed by atoms with Gasteiger partial charge in [0, 0.05) is 0 Å². The van der Waals surface area contributed by atoms with Gasteiger partial charge in [-0.15, -0.1) is 0 Å². The lowest BCUT2D eigenvalue weighted by molar-refractivity contribution is -0.140. The molecule has 0 heterocycles. The molecule has 1 aromatic rings. The number of rotatable bonds is 3. The van der Waals surface area contributed by atoms with Gasteiger partial charge in [-0.25, -0.2) is 0 Å². The molecule has 0 spiro atoms. The lowest BCUT2D eigenvalue weighted by atomic mass is 9.89. The molecule has 0 aromatic heterocycles. The Morgan fingerprint density at radius 2 is 1.94 bits per heavy atom. The third-order valence-corrected chi connectivity index (χ3v) is 2.47. The quantitative estimate of drug-likeness (QED) is 0.860.